The van der Waals surface area contributed by atoms with Crippen molar-refractivity contribution in [1.82, 2.24) is 0 Å². The number of rotatable bonds is 4. The fourth-order valence-electron chi connectivity index (χ4n) is 1.53. The normalized spacial score (nSPS) is 21.2. The van der Waals surface area contributed by atoms with Gasteiger partial charge in [0.05, 0.1) is 6.61 Å². The molecule has 1 atom stereocenters. The molecule has 0 saturated carbocycles. The number of esters is 3. The maximum absolute atomic E-state index is 11.5. The van der Waals surface area contributed by atoms with Gasteiger partial charge in [0.25, 0.3) is 0 Å². The van der Waals surface area contributed by atoms with Gasteiger partial charge in [-0.2, -0.15) is 0 Å². The van der Waals surface area contributed by atoms with Gasteiger partial charge in [-0.25, -0.2) is 14.4 Å². The van der Waals surface area contributed by atoms with Crippen LogP contribution in [-0.4, -0.2) is 37.2 Å². The van der Waals surface area contributed by atoms with Gasteiger partial charge in [-0.1, -0.05) is 20.4 Å². The third kappa shape index (κ3) is 4.73. The summed E-state index contributed by atoms with van der Waals surface area (Å²) in [6, 6.07) is 0. The number of carbonyl (C=O) groups excluding carboxylic acids is 3. The van der Waals surface area contributed by atoms with Gasteiger partial charge in [0.2, 0.25) is 0 Å². The van der Waals surface area contributed by atoms with E-state index in [1.807, 2.05) is 13.8 Å². The maximum Gasteiger partial charge on any atom is 0.347 e. The molecular formula is C13H18O6. The van der Waals surface area contributed by atoms with Crippen LogP contribution in [0.25, 0.3) is 0 Å². The maximum atomic E-state index is 11.5. The summed E-state index contributed by atoms with van der Waals surface area (Å²) in [7, 11) is 0. The lowest BCUT2D eigenvalue weighted by Gasteiger charge is -2.33. The molecule has 0 aromatic carbocycles. The Hall–Kier alpha value is -1.85. The van der Waals surface area contributed by atoms with Crippen LogP contribution in [0.15, 0.2) is 12.2 Å². The Balaban J connectivity index is 2.45. The van der Waals surface area contributed by atoms with E-state index >= 15 is 0 Å². The molecule has 1 rings (SSSR count). The van der Waals surface area contributed by atoms with Crippen LogP contribution < -0.4 is 0 Å². The molecule has 1 aliphatic rings. The lowest BCUT2D eigenvalue weighted by atomic mass is 9.86. The third-order valence-electron chi connectivity index (χ3n) is 2.55. The summed E-state index contributed by atoms with van der Waals surface area (Å²) in [6.07, 6.45) is -0.564. The minimum absolute atomic E-state index is 0.186. The van der Waals surface area contributed by atoms with Crippen LogP contribution in [0.5, 0.6) is 0 Å². The summed E-state index contributed by atoms with van der Waals surface area (Å²) in [6.45, 7) is 8.40. The highest BCUT2D eigenvalue weighted by Gasteiger charge is 2.38. The standard InChI is InChI=1S/C13H18O6/c1-8(2)11(15)17-6-10(14)19-9-5-13(3,4)7-18-12(9)16/h9H,1,5-7H2,2-4H3. The SMILES string of the molecule is C=C(C)C(=O)OCC(=O)OC1CC(C)(C)COC1=O. The second-order valence-electron chi connectivity index (χ2n) is 5.31. The van der Waals surface area contributed by atoms with Gasteiger partial charge >= 0.3 is 17.9 Å². The summed E-state index contributed by atoms with van der Waals surface area (Å²) < 4.78 is 14.5. The quantitative estimate of drug-likeness (QED) is 0.430. The van der Waals surface area contributed by atoms with Crippen molar-refractivity contribution < 1.29 is 28.6 Å². The zero-order chi connectivity index (χ0) is 14.6. The zero-order valence-corrected chi connectivity index (χ0v) is 11.4. The van der Waals surface area contributed by atoms with Crippen molar-refractivity contribution in [1.29, 1.82) is 0 Å². The van der Waals surface area contributed by atoms with Crippen molar-refractivity contribution in [2.24, 2.45) is 5.41 Å². The van der Waals surface area contributed by atoms with Crippen LogP contribution in [-0.2, 0) is 28.6 Å². The minimum Gasteiger partial charge on any atom is -0.462 e. The summed E-state index contributed by atoms with van der Waals surface area (Å²) in [5, 5.41) is 0. The average molecular weight is 270 g/mol. The van der Waals surface area contributed by atoms with Crippen LogP contribution in [0, 0.1) is 5.41 Å². The van der Waals surface area contributed by atoms with Crippen LogP contribution >= 0.6 is 0 Å². The first kappa shape index (κ1) is 15.2. The molecule has 0 spiro atoms. The highest BCUT2D eigenvalue weighted by molar-refractivity contribution is 5.89. The van der Waals surface area contributed by atoms with Crippen molar-refractivity contribution in [3.05, 3.63) is 12.2 Å². The molecule has 0 N–H and O–H groups in total. The van der Waals surface area contributed by atoms with Gasteiger partial charge in [-0.05, 0) is 6.92 Å². The van der Waals surface area contributed by atoms with Crippen LogP contribution in [0.3, 0.4) is 0 Å². The predicted molar refractivity (Wildman–Crippen MR) is 65.0 cm³/mol. The van der Waals surface area contributed by atoms with E-state index in [4.69, 9.17) is 9.47 Å². The molecule has 0 bridgehead atoms. The number of carbonyl (C=O) groups is 3. The third-order valence-corrected chi connectivity index (χ3v) is 2.55. The molecule has 0 aromatic heterocycles. The molecule has 6 heteroatoms. The van der Waals surface area contributed by atoms with Gasteiger partial charge < -0.3 is 14.2 Å². The Morgan fingerprint density at radius 1 is 1.47 bits per heavy atom. The largest absolute Gasteiger partial charge is 0.462 e. The van der Waals surface area contributed by atoms with E-state index < -0.39 is 30.6 Å². The minimum atomic E-state index is -0.945. The topological polar surface area (TPSA) is 78.9 Å². The van der Waals surface area contributed by atoms with E-state index in [2.05, 4.69) is 11.3 Å². The van der Waals surface area contributed by atoms with E-state index in [1.165, 1.54) is 6.92 Å². The second-order valence-corrected chi connectivity index (χ2v) is 5.31. The van der Waals surface area contributed by atoms with Crippen molar-refractivity contribution in [3.63, 3.8) is 0 Å². The zero-order valence-electron chi connectivity index (χ0n) is 11.4. The average Bonchev–Trinajstić information content (AvgIpc) is 2.30. The molecule has 1 fully saturated rings. The molecule has 106 valence electrons. The fraction of sp³-hybridized carbons (Fsp3) is 0.615. The Morgan fingerprint density at radius 2 is 2.11 bits per heavy atom. The Morgan fingerprint density at radius 3 is 2.68 bits per heavy atom. The fourth-order valence-corrected chi connectivity index (χ4v) is 1.53. The van der Waals surface area contributed by atoms with E-state index in [9.17, 15) is 14.4 Å². The Labute approximate surface area is 111 Å². The molecule has 0 radical (unpaired) electrons. The first-order valence-corrected chi connectivity index (χ1v) is 5.90. The molecule has 1 saturated heterocycles. The molecule has 19 heavy (non-hydrogen) atoms. The summed E-state index contributed by atoms with van der Waals surface area (Å²) in [4.78, 5) is 34.0. The van der Waals surface area contributed by atoms with Gasteiger partial charge in [0, 0.05) is 17.4 Å². The van der Waals surface area contributed by atoms with Crippen molar-refractivity contribution in [2.45, 2.75) is 33.3 Å². The lowest BCUT2D eigenvalue weighted by molar-refractivity contribution is -0.183. The summed E-state index contributed by atoms with van der Waals surface area (Å²) in [5.41, 5.74) is -0.0567. The number of hydrogen-bond donors (Lipinski definition) is 0. The first-order valence-electron chi connectivity index (χ1n) is 5.90. The lowest BCUT2D eigenvalue weighted by Crippen LogP contribution is -2.42. The van der Waals surface area contributed by atoms with Crippen molar-refractivity contribution in [2.75, 3.05) is 13.2 Å². The van der Waals surface area contributed by atoms with Crippen molar-refractivity contribution >= 4 is 17.9 Å². The van der Waals surface area contributed by atoms with Crippen LogP contribution in [0.4, 0.5) is 0 Å². The summed E-state index contributed by atoms with van der Waals surface area (Å²) >= 11 is 0. The summed E-state index contributed by atoms with van der Waals surface area (Å²) in [5.74, 6) is -2.03. The Kier molecular flexibility index (Phi) is 4.69. The number of ether oxygens (including phenoxy) is 3. The first-order chi connectivity index (χ1) is 8.71. The van der Waals surface area contributed by atoms with E-state index in [1.54, 1.807) is 0 Å². The number of cyclic esters (lactones) is 1. The van der Waals surface area contributed by atoms with E-state index in [0.717, 1.165) is 0 Å². The molecule has 1 heterocycles. The molecule has 0 amide bonds. The van der Waals surface area contributed by atoms with Crippen LogP contribution in [0.2, 0.25) is 0 Å². The molecule has 1 unspecified atom stereocenters. The van der Waals surface area contributed by atoms with Gasteiger partial charge in [-0.15, -0.1) is 0 Å². The van der Waals surface area contributed by atoms with Crippen molar-refractivity contribution in [3.8, 4) is 0 Å². The number of hydrogen-bond acceptors (Lipinski definition) is 6. The smallest absolute Gasteiger partial charge is 0.347 e. The highest BCUT2D eigenvalue weighted by Crippen LogP contribution is 2.29. The predicted octanol–water partition coefficient (Wildman–Crippen LogP) is 0.991. The van der Waals surface area contributed by atoms with Gasteiger partial charge in [-0.3, -0.25) is 0 Å². The monoisotopic (exact) mass is 270 g/mol. The molecular weight excluding hydrogens is 252 g/mol. The molecule has 6 nitrogen and oxygen atoms in total. The van der Waals surface area contributed by atoms with Gasteiger partial charge in [0.1, 0.15) is 0 Å². The van der Waals surface area contributed by atoms with Gasteiger partial charge in [0.15, 0.2) is 12.7 Å². The Bertz CT molecular complexity index is 409. The molecule has 1 aliphatic heterocycles. The molecule has 0 aromatic rings. The molecule has 0 aliphatic carbocycles. The van der Waals surface area contributed by atoms with E-state index in [0.29, 0.717) is 13.0 Å². The second kappa shape index (κ2) is 5.86. The van der Waals surface area contributed by atoms with Crippen LogP contribution in [0.1, 0.15) is 27.2 Å². The highest BCUT2D eigenvalue weighted by atomic mass is 16.6. The van der Waals surface area contributed by atoms with E-state index in [-0.39, 0.29) is 11.0 Å².